The van der Waals surface area contributed by atoms with Gasteiger partial charge in [-0.3, -0.25) is 9.59 Å². The molecule has 5 heteroatoms. The van der Waals surface area contributed by atoms with Crippen molar-refractivity contribution in [2.24, 2.45) is 5.92 Å². The normalized spacial score (nSPS) is 25.7. The van der Waals surface area contributed by atoms with Crippen molar-refractivity contribution in [1.29, 1.82) is 0 Å². The minimum absolute atomic E-state index is 0.0326. The first-order chi connectivity index (χ1) is 8.88. The van der Waals surface area contributed by atoms with Crippen molar-refractivity contribution in [3.05, 3.63) is 0 Å². The standard InChI is InChI=1S/C14H27N3O2/c1-6-10(2)12-14(19)17(9-7-8-16(4)5)11(3)13(18)15-12/h10-12H,6-9H2,1-5H3,(H,15,18). The summed E-state index contributed by atoms with van der Waals surface area (Å²) < 4.78 is 0. The van der Waals surface area contributed by atoms with Crippen LogP contribution in [0.25, 0.3) is 0 Å². The highest BCUT2D eigenvalue weighted by Crippen LogP contribution is 2.17. The van der Waals surface area contributed by atoms with Crippen LogP contribution in [0.1, 0.15) is 33.6 Å². The number of piperazine rings is 1. The van der Waals surface area contributed by atoms with Crippen LogP contribution in [0, 0.1) is 5.92 Å². The van der Waals surface area contributed by atoms with Crippen molar-refractivity contribution in [1.82, 2.24) is 15.1 Å². The molecule has 1 aliphatic heterocycles. The summed E-state index contributed by atoms with van der Waals surface area (Å²) in [5, 5.41) is 2.86. The predicted molar refractivity (Wildman–Crippen MR) is 75.7 cm³/mol. The fraction of sp³-hybridized carbons (Fsp3) is 0.857. The van der Waals surface area contributed by atoms with Crippen LogP contribution < -0.4 is 5.32 Å². The molecule has 0 spiro atoms. The summed E-state index contributed by atoms with van der Waals surface area (Å²) >= 11 is 0. The van der Waals surface area contributed by atoms with E-state index in [9.17, 15) is 9.59 Å². The number of carbonyl (C=O) groups is 2. The van der Waals surface area contributed by atoms with E-state index in [4.69, 9.17) is 0 Å². The molecule has 0 radical (unpaired) electrons. The second-order valence-corrected chi connectivity index (χ2v) is 5.74. The maximum Gasteiger partial charge on any atom is 0.246 e. The number of amides is 2. The average Bonchev–Trinajstić information content (AvgIpc) is 2.36. The smallest absolute Gasteiger partial charge is 0.246 e. The quantitative estimate of drug-likeness (QED) is 0.772. The summed E-state index contributed by atoms with van der Waals surface area (Å²) in [5.74, 6) is 0.218. The van der Waals surface area contributed by atoms with Crippen LogP contribution in [-0.4, -0.2) is 60.9 Å². The maximum absolute atomic E-state index is 12.5. The third-order valence-electron chi connectivity index (χ3n) is 3.91. The van der Waals surface area contributed by atoms with Gasteiger partial charge >= 0.3 is 0 Å². The Morgan fingerprint density at radius 3 is 2.53 bits per heavy atom. The van der Waals surface area contributed by atoms with E-state index in [1.807, 2.05) is 27.9 Å². The van der Waals surface area contributed by atoms with E-state index in [1.165, 1.54) is 0 Å². The Kier molecular flexibility index (Phi) is 5.79. The zero-order valence-electron chi connectivity index (χ0n) is 12.8. The van der Waals surface area contributed by atoms with Crippen LogP contribution in [0.4, 0.5) is 0 Å². The van der Waals surface area contributed by atoms with Crippen molar-refractivity contribution in [2.75, 3.05) is 27.2 Å². The van der Waals surface area contributed by atoms with Gasteiger partial charge in [0.15, 0.2) is 0 Å². The molecule has 1 N–H and O–H groups in total. The van der Waals surface area contributed by atoms with Crippen molar-refractivity contribution >= 4 is 11.8 Å². The number of nitrogens with one attached hydrogen (secondary N) is 1. The second-order valence-electron chi connectivity index (χ2n) is 5.74. The van der Waals surface area contributed by atoms with Gasteiger partial charge in [0.05, 0.1) is 0 Å². The molecule has 3 unspecified atom stereocenters. The summed E-state index contributed by atoms with van der Waals surface area (Å²) in [6, 6.07) is -0.706. The minimum Gasteiger partial charge on any atom is -0.342 e. The van der Waals surface area contributed by atoms with Crippen LogP contribution >= 0.6 is 0 Å². The monoisotopic (exact) mass is 269 g/mol. The number of carbonyl (C=O) groups excluding carboxylic acids is 2. The van der Waals surface area contributed by atoms with Gasteiger partial charge in [-0.1, -0.05) is 20.3 Å². The molecular weight excluding hydrogens is 242 g/mol. The molecule has 1 heterocycles. The Balaban J connectivity index is 2.70. The molecule has 0 aromatic heterocycles. The molecule has 3 atom stereocenters. The average molecular weight is 269 g/mol. The van der Waals surface area contributed by atoms with E-state index in [0.29, 0.717) is 6.54 Å². The molecule has 1 fully saturated rings. The van der Waals surface area contributed by atoms with Crippen LogP contribution in [0.15, 0.2) is 0 Å². The molecular formula is C14H27N3O2. The summed E-state index contributed by atoms with van der Waals surface area (Å²) in [7, 11) is 4.02. The van der Waals surface area contributed by atoms with E-state index in [-0.39, 0.29) is 29.8 Å². The third-order valence-corrected chi connectivity index (χ3v) is 3.91. The Hall–Kier alpha value is -1.10. The fourth-order valence-electron chi connectivity index (χ4n) is 2.33. The Bertz CT molecular complexity index is 331. The molecule has 110 valence electrons. The van der Waals surface area contributed by atoms with Gasteiger partial charge in [-0.25, -0.2) is 0 Å². The van der Waals surface area contributed by atoms with Gasteiger partial charge in [0.1, 0.15) is 12.1 Å². The van der Waals surface area contributed by atoms with E-state index >= 15 is 0 Å². The lowest BCUT2D eigenvalue weighted by Gasteiger charge is -2.39. The Morgan fingerprint density at radius 1 is 1.37 bits per heavy atom. The van der Waals surface area contributed by atoms with E-state index in [0.717, 1.165) is 19.4 Å². The zero-order valence-corrected chi connectivity index (χ0v) is 12.8. The highest BCUT2D eigenvalue weighted by atomic mass is 16.2. The topological polar surface area (TPSA) is 52.7 Å². The molecule has 0 bridgehead atoms. The largest absolute Gasteiger partial charge is 0.342 e. The zero-order chi connectivity index (χ0) is 14.6. The first kappa shape index (κ1) is 16.0. The minimum atomic E-state index is -0.354. The van der Waals surface area contributed by atoms with Crippen molar-refractivity contribution in [2.45, 2.75) is 45.7 Å². The molecule has 19 heavy (non-hydrogen) atoms. The summed E-state index contributed by atoms with van der Waals surface area (Å²) in [5.41, 5.74) is 0. The molecule has 0 aromatic carbocycles. The molecule has 2 amide bonds. The lowest BCUT2D eigenvalue weighted by molar-refractivity contribution is -0.150. The third kappa shape index (κ3) is 3.93. The van der Waals surface area contributed by atoms with Crippen molar-refractivity contribution in [3.8, 4) is 0 Å². The van der Waals surface area contributed by atoms with Gasteiger partial charge in [-0.2, -0.15) is 0 Å². The number of rotatable bonds is 6. The number of nitrogens with zero attached hydrogens (tertiary/aromatic N) is 2. The van der Waals surface area contributed by atoms with Gasteiger partial charge < -0.3 is 15.1 Å². The van der Waals surface area contributed by atoms with Gasteiger partial charge in [0, 0.05) is 6.54 Å². The Morgan fingerprint density at radius 2 is 2.00 bits per heavy atom. The first-order valence-corrected chi connectivity index (χ1v) is 7.14. The van der Waals surface area contributed by atoms with E-state index in [2.05, 4.69) is 10.2 Å². The second kappa shape index (κ2) is 6.89. The molecule has 0 aromatic rings. The lowest BCUT2D eigenvalue weighted by atomic mass is 9.94. The summed E-state index contributed by atoms with van der Waals surface area (Å²) in [6.45, 7) is 7.43. The first-order valence-electron chi connectivity index (χ1n) is 7.14. The SMILES string of the molecule is CCC(C)C1NC(=O)C(C)N(CCCN(C)C)C1=O. The molecule has 0 saturated carbocycles. The Labute approximate surface area is 116 Å². The van der Waals surface area contributed by atoms with Gasteiger partial charge in [-0.15, -0.1) is 0 Å². The highest BCUT2D eigenvalue weighted by molar-refractivity contribution is 5.96. The van der Waals surface area contributed by atoms with E-state index < -0.39 is 0 Å². The molecule has 5 nitrogen and oxygen atoms in total. The molecule has 0 aliphatic carbocycles. The van der Waals surface area contributed by atoms with Crippen molar-refractivity contribution in [3.63, 3.8) is 0 Å². The highest BCUT2D eigenvalue weighted by Gasteiger charge is 2.39. The molecule has 1 rings (SSSR count). The van der Waals surface area contributed by atoms with E-state index in [1.54, 1.807) is 11.8 Å². The molecule has 1 aliphatic rings. The molecule has 1 saturated heterocycles. The summed E-state index contributed by atoms with van der Waals surface area (Å²) in [4.78, 5) is 28.2. The van der Waals surface area contributed by atoms with Gasteiger partial charge in [-0.05, 0) is 39.9 Å². The lowest BCUT2D eigenvalue weighted by Crippen LogP contribution is -2.64. The van der Waals surface area contributed by atoms with Crippen LogP contribution in [0.3, 0.4) is 0 Å². The van der Waals surface area contributed by atoms with Crippen LogP contribution in [-0.2, 0) is 9.59 Å². The summed E-state index contributed by atoms with van der Waals surface area (Å²) in [6.07, 6.45) is 1.78. The van der Waals surface area contributed by atoms with Crippen LogP contribution in [0.2, 0.25) is 0 Å². The van der Waals surface area contributed by atoms with Gasteiger partial charge in [0.25, 0.3) is 0 Å². The van der Waals surface area contributed by atoms with Gasteiger partial charge in [0.2, 0.25) is 11.8 Å². The maximum atomic E-state index is 12.5. The van der Waals surface area contributed by atoms with Crippen molar-refractivity contribution < 1.29 is 9.59 Å². The number of hydrogen-bond donors (Lipinski definition) is 1. The number of hydrogen-bond acceptors (Lipinski definition) is 3. The predicted octanol–water partition coefficient (Wildman–Crippen LogP) is 0.700. The fourth-order valence-corrected chi connectivity index (χ4v) is 2.33. The van der Waals surface area contributed by atoms with Crippen LogP contribution in [0.5, 0.6) is 0 Å².